The van der Waals surface area contributed by atoms with Gasteiger partial charge in [0.05, 0.1) is 6.04 Å². The van der Waals surface area contributed by atoms with Crippen molar-refractivity contribution in [2.45, 2.75) is 6.04 Å². The van der Waals surface area contributed by atoms with Crippen LogP contribution in [-0.2, 0) is 4.79 Å². The molecular formula is C14H13NOS. The van der Waals surface area contributed by atoms with E-state index in [1.165, 1.54) is 6.08 Å². The van der Waals surface area contributed by atoms with Crippen LogP contribution in [0.1, 0.15) is 16.5 Å². The van der Waals surface area contributed by atoms with Crippen LogP contribution in [0.15, 0.2) is 60.5 Å². The molecule has 1 unspecified atom stereocenters. The average Bonchev–Trinajstić information content (AvgIpc) is 2.90. The summed E-state index contributed by atoms with van der Waals surface area (Å²) < 4.78 is 0. The third kappa shape index (κ3) is 2.82. The van der Waals surface area contributed by atoms with Crippen LogP contribution in [0.5, 0.6) is 0 Å². The minimum atomic E-state index is -0.160. The molecule has 0 fully saturated rings. The lowest BCUT2D eigenvalue weighted by Crippen LogP contribution is -2.26. The van der Waals surface area contributed by atoms with Crippen LogP contribution >= 0.6 is 11.3 Å². The molecule has 17 heavy (non-hydrogen) atoms. The van der Waals surface area contributed by atoms with Gasteiger partial charge in [-0.3, -0.25) is 4.79 Å². The first-order valence-corrected chi connectivity index (χ1v) is 6.20. The number of carbonyl (C=O) groups is 1. The second kappa shape index (κ2) is 5.46. The molecule has 0 saturated heterocycles. The molecule has 0 aliphatic carbocycles. The molecule has 1 aromatic carbocycles. The van der Waals surface area contributed by atoms with Gasteiger partial charge < -0.3 is 5.32 Å². The molecule has 0 aliphatic rings. The largest absolute Gasteiger partial charge is 0.341 e. The Kier molecular flexibility index (Phi) is 3.73. The SMILES string of the molecule is C=CC(=O)NC(c1ccccc1)c1cccs1. The number of amides is 1. The second-order valence-corrected chi connectivity index (χ2v) is 4.55. The quantitative estimate of drug-likeness (QED) is 0.821. The van der Waals surface area contributed by atoms with Gasteiger partial charge in [0.1, 0.15) is 0 Å². The fourth-order valence-electron chi connectivity index (χ4n) is 1.62. The van der Waals surface area contributed by atoms with Crippen LogP contribution in [0.2, 0.25) is 0 Å². The summed E-state index contributed by atoms with van der Waals surface area (Å²) >= 11 is 1.63. The van der Waals surface area contributed by atoms with E-state index in [2.05, 4.69) is 11.9 Å². The Morgan fingerprint density at radius 1 is 1.24 bits per heavy atom. The summed E-state index contributed by atoms with van der Waals surface area (Å²) in [6.07, 6.45) is 1.30. The van der Waals surface area contributed by atoms with Gasteiger partial charge in [-0.1, -0.05) is 43.0 Å². The Hall–Kier alpha value is -1.87. The first-order chi connectivity index (χ1) is 8.31. The Bertz CT molecular complexity index is 490. The van der Waals surface area contributed by atoms with Gasteiger partial charge in [-0.15, -0.1) is 11.3 Å². The first-order valence-electron chi connectivity index (χ1n) is 5.32. The van der Waals surface area contributed by atoms with E-state index in [1.807, 2.05) is 47.8 Å². The highest BCUT2D eigenvalue weighted by molar-refractivity contribution is 7.10. The molecule has 2 nitrogen and oxygen atoms in total. The summed E-state index contributed by atoms with van der Waals surface area (Å²) in [5.74, 6) is -0.160. The Labute approximate surface area is 105 Å². The van der Waals surface area contributed by atoms with E-state index in [9.17, 15) is 4.79 Å². The van der Waals surface area contributed by atoms with Crippen molar-refractivity contribution in [3.05, 3.63) is 70.9 Å². The summed E-state index contributed by atoms with van der Waals surface area (Å²) in [6, 6.07) is 13.8. The van der Waals surface area contributed by atoms with Gasteiger partial charge in [-0.05, 0) is 23.1 Å². The smallest absolute Gasteiger partial charge is 0.244 e. The number of nitrogens with one attached hydrogen (secondary N) is 1. The highest BCUT2D eigenvalue weighted by Gasteiger charge is 2.15. The van der Waals surface area contributed by atoms with Crippen molar-refractivity contribution in [2.75, 3.05) is 0 Å². The molecular weight excluding hydrogens is 230 g/mol. The molecule has 0 aliphatic heterocycles. The molecule has 1 aromatic heterocycles. The van der Waals surface area contributed by atoms with Crippen molar-refractivity contribution in [1.82, 2.24) is 5.32 Å². The van der Waals surface area contributed by atoms with Crippen LogP contribution in [0.4, 0.5) is 0 Å². The Balaban J connectivity index is 2.31. The van der Waals surface area contributed by atoms with Crippen molar-refractivity contribution >= 4 is 17.2 Å². The Morgan fingerprint density at radius 2 is 2.00 bits per heavy atom. The summed E-state index contributed by atoms with van der Waals surface area (Å²) in [5.41, 5.74) is 1.07. The Morgan fingerprint density at radius 3 is 2.59 bits per heavy atom. The molecule has 0 spiro atoms. The van der Waals surface area contributed by atoms with Crippen LogP contribution in [0, 0.1) is 0 Å². The lowest BCUT2D eigenvalue weighted by molar-refractivity contribution is -0.116. The van der Waals surface area contributed by atoms with E-state index in [4.69, 9.17) is 0 Å². The van der Waals surface area contributed by atoms with Gasteiger partial charge in [0.2, 0.25) is 5.91 Å². The minimum Gasteiger partial charge on any atom is -0.341 e. The van der Waals surface area contributed by atoms with Gasteiger partial charge in [-0.2, -0.15) is 0 Å². The van der Waals surface area contributed by atoms with Crippen LogP contribution in [0.25, 0.3) is 0 Å². The topological polar surface area (TPSA) is 29.1 Å². The molecule has 0 saturated carbocycles. The van der Waals surface area contributed by atoms with Gasteiger partial charge in [0.15, 0.2) is 0 Å². The van der Waals surface area contributed by atoms with Crippen molar-refractivity contribution in [2.24, 2.45) is 0 Å². The standard InChI is InChI=1S/C14H13NOS/c1-2-13(16)15-14(12-9-6-10-17-12)11-7-4-3-5-8-11/h2-10,14H,1H2,(H,15,16). The van der Waals surface area contributed by atoms with Crippen molar-refractivity contribution in [3.63, 3.8) is 0 Å². The molecule has 1 heterocycles. The summed E-state index contributed by atoms with van der Waals surface area (Å²) in [6.45, 7) is 3.48. The highest BCUT2D eigenvalue weighted by atomic mass is 32.1. The van der Waals surface area contributed by atoms with Crippen molar-refractivity contribution in [1.29, 1.82) is 0 Å². The maximum atomic E-state index is 11.5. The fraction of sp³-hybridized carbons (Fsp3) is 0.0714. The van der Waals surface area contributed by atoms with Crippen molar-refractivity contribution in [3.8, 4) is 0 Å². The zero-order chi connectivity index (χ0) is 12.1. The molecule has 1 atom stereocenters. The summed E-state index contributed by atoms with van der Waals surface area (Å²) in [5, 5.41) is 4.94. The zero-order valence-electron chi connectivity index (χ0n) is 9.30. The van der Waals surface area contributed by atoms with Crippen LogP contribution in [0.3, 0.4) is 0 Å². The van der Waals surface area contributed by atoms with E-state index in [0.29, 0.717) is 0 Å². The normalized spacial score (nSPS) is 11.8. The monoisotopic (exact) mass is 243 g/mol. The number of hydrogen-bond donors (Lipinski definition) is 1. The molecule has 0 bridgehead atoms. The van der Waals surface area contributed by atoms with Gasteiger partial charge >= 0.3 is 0 Å². The zero-order valence-corrected chi connectivity index (χ0v) is 10.1. The lowest BCUT2D eigenvalue weighted by atomic mass is 10.1. The number of hydrogen-bond acceptors (Lipinski definition) is 2. The van der Waals surface area contributed by atoms with E-state index in [1.54, 1.807) is 11.3 Å². The fourth-order valence-corrected chi connectivity index (χ4v) is 2.42. The maximum absolute atomic E-state index is 11.5. The predicted octanol–water partition coefficient (Wildman–Crippen LogP) is 3.14. The molecule has 1 amide bonds. The third-order valence-corrected chi connectivity index (χ3v) is 3.37. The van der Waals surface area contributed by atoms with Gasteiger partial charge in [0.25, 0.3) is 0 Å². The average molecular weight is 243 g/mol. The van der Waals surface area contributed by atoms with Crippen molar-refractivity contribution < 1.29 is 4.79 Å². The molecule has 3 heteroatoms. The minimum absolute atomic E-state index is 0.0956. The van der Waals surface area contributed by atoms with Gasteiger partial charge in [-0.25, -0.2) is 0 Å². The van der Waals surface area contributed by atoms with Gasteiger partial charge in [0, 0.05) is 4.88 Å². The molecule has 2 aromatic rings. The van der Waals surface area contributed by atoms with E-state index in [-0.39, 0.29) is 11.9 Å². The number of carbonyl (C=O) groups excluding carboxylic acids is 1. The van der Waals surface area contributed by atoms with E-state index < -0.39 is 0 Å². The highest BCUT2D eigenvalue weighted by Crippen LogP contribution is 2.25. The predicted molar refractivity (Wildman–Crippen MR) is 70.9 cm³/mol. The van der Waals surface area contributed by atoms with E-state index in [0.717, 1.165) is 10.4 Å². The maximum Gasteiger partial charge on any atom is 0.244 e. The van der Waals surface area contributed by atoms with E-state index >= 15 is 0 Å². The molecule has 1 N–H and O–H groups in total. The lowest BCUT2D eigenvalue weighted by Gasteiger charge is -2.16. The molecule has 86 valence electrons. The number of rotatable bonds is 4. The number of thiophene rings is 1. The second-order valence-electron chi connectivity index (χ2n) is 3.57. The van der Waals surface area contributed by atoms with Crippen LogP contribution in [-0.4, -0.2) is 5.91 Å². The molecule has 2 rings (SSSR count). The third-order valence-electron chi connectivity index (χ3n) is 2.43. The first kappa shape index (κ1) is 11.6. The number of benzene rings is 1. The molecule has 0 radical (unpaired) electrons. The van der Waals surface area contributed by atoms with Crippen LogP contribution < -0.4 is 5.32 Å². The summed E-state index contributed by atoms with van der Waals surface area (Å²) in [7, 11) is 0. The summed E-state index contributed by atoms with van der Waals surface area (Å²) in [4.78, 5) is 12.6.